The zero-order valence-electron chi connectivity index (χ0n) is 20.0. The molecule has 0 unspecified atom stereocenters. The number of para-hydroxylation sites is 1. The van der Waals surface area contributed by atoms with Crippen molar-refractivity contribution in [3.63, 3.8) is 0 Å². The number of aromatic nitrogens is 6. The van der Waals surface area contributed by atoms with Gasteiger partial charge in [0.25, 0.3) is 0 Å². The highest BCUT2D eigenvalue weighted by Crippen LogP contribution is 2.26. The van der Waals surface area contributed by atoms with E-state index in [0.29, 0.717) is 46.0 Å². The summed E-state index contributed by atoms with van der Waals surface area (Å²) in [6.07, 6.45) is 1.51. The van der Waals surface area contributed by atoms with E-state index in [1.165, 1.54) is 29.1 Å². The zero-order valence-corrected chi connectivity index (χ0v) is 20.0. The van der Waals surface area contributed by atoms with E-state index in [1.807, 2.05) is 13.8 Å². The molecule has 3 aromatic heterocycles. The lowest BCUT2D eigenvalue weighted by Gasteiger charge is -2.13. The SMILES string of the molecule is CCOc1c(F)cccc1Cn1c(=O)[nH]c2c(NCC(C)C)nc(-n3cnc4ccc(F)cc43)nc21. The van der Waals surface area contributed by atoms with Gasteiger partial charge in [-0.05, 0) is 31.0 Å². The van der Waals surface area contributed by atoms with Gasteiger partial charge in [-0.1, -0.05) is 26.0 Å². The van der Waals surface area contributed by atoms with Crippen LogP contribution in [-0.2, 0) is 6.54 Å². The summed E-state index contributed by atoms with van der Waals surface area (Å²) in [6.45, 7) is 6.74. The molecular formula is C25H25F2N7O2. The first-order valence-electron chi connectivity index (χ1n) is 11.6. The van der Waals surface area contributed by atoms with Crippen LogP contribution in [-0.4, -0.2) is 42.2 Å². The van der Waals surface area contributed by atoms with Crippen LogP contribution >= 0.6 is 0 Å². The molecular weight excluding hydrogens is 468 g/mol. The number of anilines is 1. The first kappa shape index (κ1) is 23.5. The number of nitrogens with one attached hydrogen (secondary N) is 2. The predicted molar refractivity (Wildman–Crippen MR) is 133 cm³/mol. The molecule has 36 heavy (non-hydrogen) atoms. The van der Waals surface area contributed by atoms with E-state index >= 15 is 0 Å². The van der Waals surface area contributed by atoms with Gasteiger partial charge in [-0.25, -0.2) is 18.6 Å². The number of halogens is 2. The highest BCUT2D eigenvalue weighted by Gasteiger charge is 2.20. The molecule has 0 saturated heterocycles. The lowest BCUT2D eigenvalue weighted by Crippen LogP contribution is -2.18. The molecule has 0 aliphatic heterocycles. The lowest BCUT2D eigenvalue weighted by molar-refractivity contribution is 0.317. The first-order valence-corrected chi connectivity index (χ1v) is 11.6. The van der Waals surface area contributed by atoms with Crippen molar-refractivity contribution in [1.29, 1.82) is 0 Å². The average Bonchev–Trinajstić information content (AvgIpc) is 3.40. The fourth-order valence-corrected chi connectivity index (χ4v) is 4.00. The number of imidazole rings is 2. The van der Waals surface area contributed by atoms with Crippen molar-refractivity contribution in [2.75, 3.05) is 18.5 Å². The van der Waals surface area contributed by atoms with E-state index in [9.17, 15) is 13.6 Å². The summed E-state index contributed by atoms with van der Waals surface area (Å²) >= 11 is 0. The number of hydrogen-bond donors (Lipinski definition) is 2. The molecule has 0 spiro atoms. The Morgan fingerprint density at radius 3 is 2.78 bits per heavy atom. The molecule has 5 rings (SSSR count). The third-order valence-corrected chi connectivity index (χ3v) is 5.68. The maximum Gasteiger partial charge on any atom is 0.328 e. The molecule has 186 valence electrons. The number of hydrogen-bond acceptors (Lipinski definition) is 6. The smallest absolute Gasteiger partial charge is 0.328 e. The summed E-state index contributed by atoms with van der Waals surface area (Å²) in [7, 11) is 0. The van der Waals surface area contributed by atoms with Crippen LogP contribution in [0.5, 0.6) is 5.75 Å². The predicted octanol–water partition coefficient (Wildman–Crippen LogP) is 4.25. The van der Waals surface area contributed by atoms with Gasteiger partial charge in [-0.2, -0.15) is 9.97 Å². The summed E-state index contributed by atoms with van der Waals surface area (Å²) in [5.74, 6) is 0.0857. The molecule has 9 nitrogen and oxygen atoms in total. The summed E-state index contributed by atoms with van der Waals surface area (Å²) in [5, 5.41) is 3.27. The van der Waals surface area contributed by atoms with Gasteiger partial charge >= 0.3 is 5.69 Å². The van der Waals surface area contributed by atoms with E-state index in [4.69, 9.17) is 4.74 Å². The summed E-state index contributed by atoms with van der Waals surface area (Å²) in [4.78, 5) is 29.5. The minimum atomic E-state index is -0.510. The maximum absolute atomic E-state index is 14.5. The summed E-state index contributed by atoms with van der Waals surface area (Å²) in [5.41, 5.74) is 1.83. The van der Waals surface area contributed by atoms with Gasteiger partial charge in [0.05, 0.1) is 24.2 Å². The number of fused-ring (bicyclic) bond motifs is 2. The Morgan fingerprint density at radius 2 is 2.00 bits per heavy atom. The molecule has 0 atom stereocenters. The molecule has 0 saturated carbocycles. The largest absolute Gasteiger partial charge is 0.490 e. The highest BCUT2D eigenvalue weighted by molar-refractivity contribution is 5.84. The molecule has 5 aromatic rings. The van der Waals surface area contributed by atoms with Gasteiger partial charge in [0.1, 0.15) is 17.7 Å². The lowest BCUT2D eigenvalue weighted by atomic mass is 10.2. The van der Waals surface area contributed by atoms with Gasteiger partial charge in [0.15, 0.2) is 23.0 Å². The third-order valence-electron chi connectivity index (χ3n) is 5.68. The molecule has 0 amide bonds. The number of H-pyrrole nitrogens is 1. The number of ether oxygens (including phenoxy) is 1. The van der Waals surface area contributed by atoms with Crippen LogP contribution in [0, 0.1) is 17.6 Å². The van der Waals surface area contributed by atoms with Crippen LogP contribution in [0.1, 0.15) is 26.3 Å². The van der Waals surface area contributed by atoms with Crippen molar-refractivity contribution in [2.45, 2.75) is 27.3 Å². The first-order chi connectivity index (χ1) is 17.4. The second-order valence-corrected chi connectivity index (χ2v) is 8.77. The monoisotopic (exact) mass is 493 g/mol. The standard InChI is InChI=1S/C25H25F2N7O2/c1-4-36-21-15(6-5-7-17(21)27)12-33-23-20(30-25(33)35)22(28-11-14(2)3)31-24(32-23)34-13-29-18-9-8-16(26)10-19(18)34/h5-10,13-14H,4,11-12H2,1-3H3,(H,30,35)(H,28,31,32). The van der Waals surface area contributed by atoms with E-state index in [0.717, 1.165) is 0 Å². The normalized spacial score (nSPS) is 11.6. The average molecular weight is 494 g/mol. The van der Waals surface area contributed by atoms with E-state index in [-0.39, 0.29) is 24.8 Å². The van der Waals surface area contributed by atoms with Crippen LogP contribution in [0.2, 0.25) is 0 Å². The summed E-state index contributed by atoms with van der Waals surface area (Å²) in [6, 6.07) is 8.83. The van der Waals surface area contributed by atoms with E-state index < -0.39 is 17.3 Å². The number of aromatic amines is 1. The Balaban J connectivity index is 1.70. The van der Waals surface area contributed by atoms with Gasteiger partial charge in [-0.3, -0.25) is 9.13 Å². The zero-order chi connectivity index (χ0) is 25.4. The van der Waals surface area contributed by atoms with E-state index in [1.54, 1.807) is 29.7 Å². The molecule has 0 aliphatic rings. The highest BCUT2D eigenvalue weighted by atomic mass is 19.1. The van der Waals surface area contributed by atoms with Crippen LogP contribution in [0.25, 0.3) is 28.1 Å². The molecule has 2 N–H and O–H groups in total. The van der Waals surface area contributed by atoms with Crippen LogP contribution in [0.15, 0.2) is 47.5 Å². The van der Waals surface area contributed by atoms with E-state index in [2.05, 4.69) is 25.3 Å². The fraction of sp³-hybridized carbons (Fsp3) is 0.280. The van der Waals surface area contributed by atoms with Crippen LogP contribution < -0.4 is 15.7 Å². The minimum absolute atomic E-state index is 0.0192. The molecule has 0 radical (unpaired) electrons. The van der Waals surface area contributed by atoms with Crippen molar-refractivity contribution in [3.05, 3.63) is 70.4 Å². The van der Waals surface area contributed by atoms with Crippen molar-refractivity contribution in [2.24, 2.45) is 5.92 Å². The molecule has 0 bridgehead atoms. The van der Waals surface area contributed by atoms with Gasteiger partial charge in [0, 0.05) is 18.2 Å². The molecule has 0 fully saturated rings. The molecule has 0 aliphatic carbocycles. The quantitative estimate of drug-likeness (QED) is 0.335. The van der Waals surface area contributed by atoms with Gasteiger partial charge in [-0.15, -0.1) is 0 Å². The molecule has 11 heteroatoms. The fourth-order valence-electron chi connectivity index (χ4n) is 4.00. The third kappa shape index (κ3) is 4.28. The second-order valence-electron chi connectivity index (χ2n) is 8.77. The number of nitrogens with zero attached hydrogens (tertiary/aromatic N) is 5. The number of rotatable bonds is 8. The summed E-state index contributed by atoms with van der Waals surface area (Å²) < 4.78 is 36.9. The Labute approximate surface area is 204 Å². The number of benzene rings is 2. The van der Waals surface area contributed by atoms with Crippen molar-refractivity contribution in [1.82, 2.24) is 29.1 Å². The van der Waals surface area contributed by atoms with Crippen molar-refractivity contribution in [3.8, 4) is 11.7 Å². The second kappa shape index (κ2) is 9.40. The molecule has 3 heterocycles. The van der Waals surface area contributed by atoms with Crippen LogP contribution in [0.4, 0.5) is 14.6 Å². The van der Waals surface area contributed by atoms with Crippen LogP contribution in [0.3, 0.4) is 0 Å². The van der Waals surface area contributed by atoms with Gasteiger partial charge in [0.2, 0.25) is 5.95 Å². The Bertz CT molecular complexity index is 1620. The Kier molecular flexibility index (Phi) is 6.13. The maximum atomic E-state index is 14.5. The van der Waals surface area contributed by atoms with Gasteiger partial charge < -0.3 is 15.0 Å². The van der Waals surface area contributed by atoms with Crippen molar-refractivity contribution < 1.29 is 13.5 Å². The van der Waals surface area contributed by atoms with Crippen molar-refractivity contribution >= 4 is 28.0 Å². The Hall–Kier alpha value is -4.28. The topological polar surface area (TPSA) is 103 Å². The minimum Gasteiger partial charge on any atom is -0.490 e. The molecule has 2 aromatic carbocycles. The Morgan fingerprint density at radius 1 is 1.17 bits per heavy atom.